The molecular formula is C16H12ClF3O2. The summed E-state index contributed by atoms with van der Waals surface area (Å²) in [6.45, 7) is 0. The van der Waals surface area contributed by atoms with Crippen molar-refractivity contribution < 1.29 is 23.1 Å². The number of carboxylic acid groups (broad SMARTS) is 1. The van der Waals surface area contributed by atoms with Gasteiger partial charge in [0.25, 0.3) is 0 Å². The van der Waals surface area contributed by atoms with E-state index in [1.807, 2.05) is 0 Å². The molecule has 1 N–H and O–H groups in total. The van der Waals surface area contributed by atoms with Crippen molar-refractivity contribution in [2.75, 3.05) is 0 Å². The molecule has 1 atom stereocenters. The molecule has 0 radical (unpaired) electrons. The Morgan fingerprint density at radius 1 is 1.09 bits per heavy atom. The van der Waals surface area contributed by atoms with Crippen LogP contribution in [0, 0.1) is 0 Å². The smallest absolute Gasteiger partial charge is 0.416 e. The van der Waals surface area contributed by atoms with Gasteiger partial charge in [-0.2, -0.15) is 13.2 Å². The minimum Gasteiger partial charge on any atom is -0.481 e. The fourth-order valence-corrected chi connectivity index (χ4v) is 2.36. The molecule has 22 heavy (non-hydrogen) atoms. The fraction of sp³-hybridized carbons (Fsp3) is 0.188. The van der Waals surface area contributed by atoms with E-state index in [1.165, 1.54) is 42.5 Å². The Labute approximate surface area is 130 Å². The zero-order chi connectivity index (χ0) is 16.3. The van der Waals surface area contributed by atoms with Crippen molar-refractivity contribution in [3.63, 3.8) is 0 Å². The van der Waals surface area contributed by atoms with Gasteiger partial charge in [-0.05, 0) is 35.7 Å². The van der Waals surface area contributed by atoms with E-state index < -0.39 is 23.6 Å². The number of carbonyl (C=O) groups is 1. The van der Waals surface area contributed by atoms with Crippen LogP contribution in [0.25, 0.3) is 0 Å². The predicted molar refractivity (Wildman–Crippen MR) is 77.0 cm³/mol. The van der Waals surface area contributed by atoms with E-state index in [2.05, 4.69) is 0 Å². The standard InChI is InChI=1S/C16H12ClF3O2/c17-12-7-5-10(6-8-12)13(15(21)22)9-11-3-1-2-4-14(11)16(18,19)20/h1-8,13H,9H2,(H,21,22). The molecular weight excluding hydrogens is 317 g/mol. The average molecular weight is 329 g/mol. The number of hydrogen-bond donors (Lipinski definition) is 1. The number of halogens is 4. The second-order valence-electron chi connectivity index (χ2n) is 4.80. The molecule has 0 saturated heterocycles. The van der Waals surface area contributed by atoms with Crippen LogP contribution in [0.2, 0.25) is 5.02 Å². The number of carboxylic acids is 1. The van der Waals surface area contributed by atoms with Crippen molar-refractivity contribution in [2.24, 2.45) is 0 Å². The van der Waals surface area contributed by atoms with Crippen LogP contribution >= 0.6 is 11.6 Å². The highest BCUT2D eigenvalue weighted by Gasteiger charge is 2.34. The maximum Gasteiger partial charge on any atom is 0.416 e. The average Bonchev–Trinajstić information content (AvgIpc) is 2.45. The lowest BCUT2D eigenvalue weighted by atomic mass is 9.90. The number of benzene rings is 2. The third kappa shape index (κ3) is 3.80. The van der Waals surface area contributed by atoms with E-state index in [9.17, 15) is 23.1 Å². The third-order valence-corrected chi connectivity index (χ3v) is 3.57. The molecule has 0 aromatic heterocycles. The molecule has 0 spiro atoms. The molecule has 0 bridgehead atoms. The topological polar surface area (TPSA) is 37.3 Å². The molecule has 0 aliphatic carbocycles. The number of hydrogen-bond acceptors (Lipinski definition) is 1. The van der Waals surface area contributed by atoms with Gasteiger partial charge in [-0.15, -0.1) is 0 Å². The van der Waals surface area contributed by atoms with Gasteiger partial charge in [0.15, 0.2) is 0 Å². The van der Waals surface area contributed by atoms with Crippen molar-refractivity contribution in [1.82, 2.24) is 0 Å². The lowest BCUT2D eigenvalue weighted by Crippen LogP contribution is -2.17. The van der Waals surface area contributed by atoms with E-state index in [0.717, 1.165) is 6.07 Å². The van der Waals surface area contributed by atoms with Crippen molar-refractivity contribution in [3.05, 3.63) is 70.2 Å². The Kier molecular flexibility index (Phi) is 4.76. The summed E-state index contributed by atoms with van der Waals surface area (Å²) in [4.78, 5) is 11.4. The second-order valence-corrected chi connectivity index (χ2v) is 5.24. The van der Waals surface area contributed by atoms with Gasteiger partial charge in [-0.25, -0.2) is 0 Å². The van der Waals surface area contributed by atoms with E-state index in [1.54, 1.807) is 0 Å². The first-order chi connectivity index (χ1) is 10.3. The van der Waals surface area contributed by atoms with Gasteiger partial charge in [0, 0.05) is 5.02 Å². The number of rotatable bonds is 4. The van der Waals surface area contributed by atoms with Crippen LogP contribution in [0.4, 0.5) is 13.2 Å². The summed E-state index contributed by atoms with van der Waals surface area (Å²) in [5.74, 6) is -2.25. The lowest BCUT2D eigenvalue weighted by molar-refractivity contribution is -0.141. The molecule has 0 aliphatic rings. The van der Waals surface area contributed by atoms with Gasteiger partial charge in [0.1, 0.15) is 0 Å². The Hall–Kier alpha value is -2.01. The van der Waals surface area contributed by atoms with Crippen molar-refractivity contribution in [2.45, 2.75) is 18.5 Å². The molecule has 2 aromatic rings. The summed E-state index contributed by atoms with van der Waals surface area (Å²) < 4.78 is 39.0. The van der Waals surface area contributed by atoms with Crippen LogP contribution in [0.3, 0.4) is 0 Å². The molecule has 0 fully saturated rings. The van der Waals surface area contributed by atoms with E-state index in [0.29, 0.717) is 10.6 Å². The highest BCUT2D eigenvalue weighted by Crippen LogP contribution is 2.34. The second kappa shape index (κ2) is 6.40. The molecule has 2 rings (SSSR count). The highest BCUT2D eigenvalue weighted by atomic mass is 35.5. The normalized spacial score (nSPS) is 12.9. The zero-order valence-corrected chi connectivity index (χ0v) is 12.0. The molecule has 6 heteroatoms. The Morgan fingerprint density at radius 2 is 1.68 bits per heavy atom. The van der Waals surface area contributed by atoms with Crippen molar-refractivity contribution >= 4 is 17.6 Å². The van der Waals surface area contributed by atoms with Gasteiger partial charge in [0.2, 0.25) is 0 Å². The van der Waals surface area contributed by atoms with Crippen LogP contribution in [-0.4, -0.2) is 11.1 Å². The monoisotopic (exact) mass is 328 g/mol. The summed E-state index contributed by atoms with van der Waals surface area (Å²) in [5.41, 5.74) is -0.443. The third-order valence-electron chi connectivity index (χ3n) is 3.32. The summed E-state index contributed by atoms with van der Waals surface area (Å²) in [5, 5.41) is 9.77. The number of alkyl halides is 3. The van der Waals surface area contributed by atoms with Crippen LogP contribution in [-0.2, 0) is 17.4 Å². The van der Waals surface area contributed by atoms with E-state index >= 15 is 0 Å². The Bertz CT molecular complexity index is 666. The van der Waals surface area contributed by atoms with E-state index in [-0.39, 0.29) is 12.0 Å². The molecule has 0 heterocycles. The minimum absolute atomic E-state index is 0.0441. The van der Waals surface area contributed by atoms with Crippen LogP contribution < -0.4 is 0 Å². The molecule has 116 valence electrons. The molecule has 0 amide bonds. The van der Waals surface area contributed by atoms with Gasteiger partial charge in [-0.1, -0.05) is 41.9 Å². The zero-order valence-electron chi connectivity index (χ0n) is 11.3. The van der Waals surface area contributed by atoms with E-state index in [4.69, 9.17) is 11.6 Å². The number of aliphatic carboxylic acids is 1. The first kappa shape index (κ1) is 16.4. The summed E-state index contributed by atoms with van der Waals surface area (Å²) >= 11 is 5.75. The van der Waals surface area contributed by atoms with Crippen molar-refractivity contribution in [3.8, 4) is 0 Å². The van der Waals surface area contributed by atoms with Crippen molar-refractivity contribution in [1.29, 1.82) is 0 Å². The molecule has 2 aromatic carbocycles. The first-order valence-electron chi connectivity index (χ1n) is 6.42. The van der Waals surface area contributed by atoms with Gasteiger partial charge in [-0.3, -0.25) is 4.79 Å². The van der Waals surface area contributed by atoms with Gasteiger partial charge < -0.3 is 5.11 Å². The molecule has 2 nitrogen and oxygen atoms in total. The lowest BCUT2D eigenvalue weighted by Gasteiger charge is -2.17. The SMILES string of the molecule is O=C(O)C(Cc1ccccc1C(F)(F)F)c1ccc(Cl)cc1. The first-order valence-corrected chi connectivity index (χ1v) is 6.80. The summed E-state index contributed by atoms with van der Waals surface area (Å²) in [6, 6.07) is 11.1. The quantitative estimate of drug-likeness (QED) is 0.877. The predicted octanol–water partition coefficient (Wildman–Crippen LogP) is 4.77. The van der Waals surface area contributed by atoms with Crippen LogP contribution in [0.5, 0.6) is 0 Å². The Morgan fingerprint density at radius 3 is 2.23 bits per heavy atom. The Balaban J connectivity index is 2.38. The van der Waals surface area contributed by atoms with Crippen LogP contribution in [0.15, 0.2) is 48.5 Å². The van der Waals surface area contributed by atoms with Crippen LogP contribution in [0.1, 0.15) is 22.6 Å². The maximum atomic E-state index is 13.0. The molecule has 0 saturated carbocycles. The largest absolute Gasteiger partial charge is 0.481 e. The summed E-state index contributed by atoms with van der Waals surface area (Å²) in [7, 11) is 0. The summed E-state index contributed by atoms with van der Waals surface area (Å²) in [6.07, 6.45) is -4.76. The van der Waals surface area contributed by atoms with Gasteiger partial charge >= 0.3 is 12.1 Å². The fourth-order valence-electron chi connectivity index (χ4n) is 2.24. The maximum absolute atomic E-state index is 13.0. The highest BCUT2D eigenvalue weighted by molar-refractivity contribution is 6.30. The van der Waals surface area contributed by atoms with Gasteiger partial charge in [0.05, 0.1) is 11.5 Å². The minimum atomic E-state index is -4.51. The molecule has 0 aliphatic heterocycles. The molecule has 1 unspecified atom stereocenters.